The molecule has 1 saturated carbocycles. The van der Waals surface area contributed by atoms with E-state index in [9.17, 15) is 9.90 Å². The molecule has 2 bridgehead atoms. The number of aryl methyl sites for hydroxylation is 1. The van der Waals surface area contributed by atoms with E-state index in [1.54, 1.807) is 19.2 Å². The van der Waals surface area contributed by atoms with Crippen molar-refractivity contribution >= 4 is 16.5 Å². The van der Waals surface area contributed by atoms with Crippen molar-refractivity contribution in [3.8, 4) is 27.7 Å². The lowest BCUT2D eigenvalue weighted by Crippen LogP contribution is -2.70. The van der Waals surface area contributed by atoms with E-state index < -0.39 is 17.4 Å². The van der Waals surface area contributed by atoms with Crippen LogP contribution in [0, 0.1) is 5.92 Å². The van der Waals surface area contributed by atoms with Gasteiger partial charge in [0.25, 0.3) is 0 Å². The van der Waals surface area contributed by atoms with Crippen molar-refractivity contribution < 1.29 is 9.50 Å². The molecule has 0 radical (unpaired) electrons. The summed E-state index contributed by atoms with van der Waals surface area (Å²) in [6.07, 6.45) is 2.25. The monoisotopic (exact) mass is 471 g/mol. The van der Waals surface area contributed by atoms with E-state index in [0.717, 1.165) is 19.4 Å². The second kappa shape index (κ2) is 7.84. The first kappa shape index (κ1) is 21.9. The Morgan fingerprint density at radius 2 is 2.09 bits per heavy atom. The van der Waals surface area contributed by atoms with Crippen LogP contribution >= 0.6 is 11.3 Å². The van der Waals surface area contributed by atoms with Crippen molar-refractivity contribution in [3.63, 3.8) is 0 Å². The number of rotatable bonds is 4. The van der Waals surface area contributed by atoms with E-state index >= 15 is 4.39 Å². The Balaban J connectivity index is 1.41. The fourth-order valence-electron chi connectivity index (χ4n) is 5.04. The highest BCUT2D eigenvalue weighted by molar-refractivity contribution is 7.18. The number of halogens is 1. The van der Waals surface area contributed by atoms with Gasteiger partial charge < -0.3 is 10.0 Å². The van der Waals surface area contributed by atoms with Gasteiger partial charge in [0.1, 0.15) is 18.2 Å². The maximum absolute atomic E-state index is 15.6. The lowest BCUT2D eigenvalue weighted by Gasteiger charge is -2.58. The van der Waals surface area contributed by atoms with Crippen LogP contribution in [0.15, 0.2) is 29.3 Å². The topological polar surface area (TPSA) is 100 Å². The van der Waals surface area contributed by atoms with Crippen molar-refractivity contribution in [2.75, 3.05) is 25.5 Å². The number of alkyl halides is 1. The zero-order chi connectivity index (χ0) is 23.5. The Morgan fingerprint density at radius 1 is 1.30 bits per heavy atom. The van der Waals surface area contributed by atoms with Gasteiger partial charge in [-0.05, 0) is 44.9 Å². The van der Waals surface area contributed by atoms with E-state index in [-0.39, 0.29) is 23.5 Å². The highest BCUT2D eigenvalue weighted by atomic mass is 32.1. The maximum Gasteiger partial charge on any atom is 0.350 e. The Labute approximate surface area is 194 Å². The van der Waals surface area contributed by atoms with Crippen LogP contribution in [-0.2, 0) is 7.05 Å². The van der Waals surface area contributed by atoms with Crippen LogP contribution in [0.1, 0.15) is 19.8 Å². The largest absolute Gasteiger partial charge is 0.507 e. The molecule has 0 spiro atoms. The van der Waals surface area contributed by atoms with Crippen molar-refractivity contribution in [1.29, 1.82) is 0 Å². The highest BCUT2D eigenvalue weighted by Crippen LogP contribution is 2.47. The molecule has 3 aromatic rings. The van der Waals surface area contributed by atoms with Crippen LogP contribution in [0.2, 0.25) is 0 Å². The van der Waals surface area contributed by atoms with Gasteiger partial charge in [0.15, 0.2) is 10.8 Å². The van der Waals surface area contributed by atoms with Crippen LogP contribution in [0.3, 0.4) is 0 Å². The van der Waals surface area contributed by atoms with Crippen molar-refractivity contribution in [3.05, 3.63) is 35.0 Å². The second-order valence-corrected chi connectivity index (χ2v) is 10.2. The van der Waals surface area contributed by atoms with E-state index in [0.29, 0.717) is 21.3 Å². The quantitative estimate of drug-likeness (QED) is 0.619. The van der Waals surface area contributed by atoms with Crippen LogP contribution in [0.4, 0.5) is 9.52 Å². The predicted molar refractivity (Wildman–Crippen MR) is 124 cm³/mol. The van der Waals surface area contributed by atoms with Crippen molar-refractivity contribution in [2.45, 2.75) is 37.5 Å². The summed E-state index contributed by atoms with van der Waals surface area (Å²) in [5, 5.41) is 20.4. The first-order chi connectivity index (χ1) is 15.7. The first-order valence-electron chi connectivity index (χ1n) is 10.8. The van der Waals surface area contributed by atoms with Crippen LogP contribution < -0.4 is 10.6 Å². The third-order valence-electron chi connectivity index (χ3n) is 7.28. The molecular weight excluding hydrogens is 445 g/mol. The Bertz CT molecular complexity index is 1260. The average molecular weight is 472 g/mol. The minimum atomic E-state index is -0.987. The summed E-state index contributed by atoms with van der Waals surface area (Å²) in [6, 6.07) is 4.67. The van der Waals surface area contributed by atoms with Gasteiger partial charge in [0.2, 0.25) is 5.13 Å². The number of phenols is 1. The summed E-state index contributed by atoms with van der Waals surface area (Å²) in [7, 11) is 5.45. The summed E-state index contributed by atoms with van der Waals surface area (Å²) >= 11 is 1.32. The number of hydrogen-bond donors (Lipinski definition) is 1. The number of hydrogen-bond acceptors (Lipinski definition) is 9. The summed E-state index contributed by atoms with van der Waals surface area (Å²) in [5.41, 5.74) is 0.138. The van der Waals surface area contributed by atoms with Gasteiger partial charge in [-0.3, -0.25) is 9.47 Å². The molecule has 2 aliphatic heterocycles. The minimum Gasteiger partial charge on any atom is -0.507 e. The van der Waals surface area contributed by atoms with Gasteiger partial charge in [0.05, 0.1) is 17.1 Å². The van der Waals surface area contributed by atoms with Crippen LogP contribution in [0.25, 0.3) is 22.0 Å². The molecule has 0 unspecified atom stereocenters. The Kier molecular flexibility index (Phi) is 5.20. The molecule has 2 aromatic heterocycles. The number of fused-ring (bicyclic) bond motifs is 3. The normalized spacial score (nSPS) is 27.1. The lowest BCUT2D eigenvalue weighted by molar-refractivity contribution is -0.0814. The molecule has 4 atom stereocenters. The molecule has 1 N–H and O–H groups in total. The molecule has 1 aliphatic carbocycles. The SMILES string of the molecule is CN(c1nnc(-c2ccc(-c3ncn(C)c(=O)n3)cc2O)s1)[C@H]1[C@@H]2CC[C@](C)([C@@H]1F)N(C)C2. The van der Waals surface area contributed by atoms with Crippen molar-refractivity contribution in [1.82, 2.24) is 29.6 Å². The van der Waals surface area contributed by atoms with Crippen LogP contribution in [-0.4, -0.2) is 73.1 Å². The van der Waals surface area contributed by atoms with E-state index in [1.165, 1.54) is 28.3 Å². The highest BCUT2D eigenvalue weighted by Gasteiger charge is 2.56. The molecule has 0 amide bonds. The number of benzene rings is 1. The molecule has 6 rings (SSSR count). The number of nitrogens with zero attached hydrogens (tertiary/aromatic N) is 7. The molecule has 4 heterocycles. The molecule has 9 nitrogen and oxygen atoms in total. The fourth-order valence-corrected chi connectivity index (χ4v) is 5.93. The second-order valence-electron chi connectivity index (χ2n) is 9.23. The van der Waals surface area contributed by atoms with Gasteiger partial charge >= 0.3 is 5.69 Å². The Morgan fingerprint density at radius 3 is 2.79 bits per heavy atom. The molecule has 3 aliphatic rings. The van der Waals surface area contributed by atoms with E-state index in [1.807, 2.05) is 25.9 Å². The van der Waals surface area contributed by atoms with Gasteiger partial charge in [-0.1, -0.05) is 17.4 Å². The number of anilines is 1. The number of piperidine rings is 2. The number of aromatic nitrogens is 5. The summed E-state index contributed by atoms with van der Waals surface area (Å²) in [4.78, 5) is 23.9. The van der Waals surface area contributed by atoms with Gasteiger partial charge in [0, 0.05) is 26.2 Å². The Hall–Kier alpha value is -2.92. The number of aromatic hydroxyl groups is 1. The standard InChI is InChI=1S/C22H26FN7O2S/c1-22-8-7-13(10-29(22)3)16(17(22)23)30(4)21-27-26-19(33-21)14-6-5-12(9-15(14)31)18-24-11-28(2)20(32)25-18/h5-6,9,11,13,16-17,31H,7-8,10H2,1-4H3/t13-,16+,17-,22-/m1/s1. The van der Waals surface area contributed by atoms with Gasteiger partial charge in [-0.15, -0.1) is 10.2 Å². The van der Waals surface area contributed by atoms with Crippen molar-refractivity contribution in [2.24, 2.45) is 13.0 Å². The average Bonchev–Trinajstić information content (AvgIpc) is 3.27. The van der Waals surface area contributed by atoms with Gasteiger partial charge in [-0.2, -0.15) is 4.98 Å². The van der Waals surface area contributed by atoms with E-state index in [2.05, 4.69) is 25.1 Å². The van der Waals surface area contributed by atoms with E-state index in [4.69, 9.17) is 0 Å². The maximum atomic E-state index is 15.6. The third kappa shape index (κ3) is 3.50. The lowest BCUT2D eigenvalue weighted by atomic mass is 9.67. The zero-order valence-electron chi connectivity index (χ0n) is 18.9. The molecule has 11 heteroatoms. The van der Waals surface area contributed by atoms with Crippen LogP contribution in [0.5, 0.6) is 5.75 Å². The predicted octanol–water partition coefficient (Wildman–Crippen LogP) is 2.32. The molecule has 33 heavy (non-hydrogen) atoms. The van der Waals surface area contributed by atoms with Gasteiger partial charge in [-0.25, -0.2) is 14.2 Å². The number of phenolic OH excluding ortho intramolecular Hbond substituents is 1. The molecular formula is C22H26FN7O2S. The molecule has 2 saturated heterocycles. The molecule has 1 aromatic carbocycles. The first-order valence-corrected chi connectivity index (χ1v) is 11.7. The smallest absolute Gasteiger partial charge is 0.350 e. The summed E-state index contributed by atoms with van der Waals surface area (Å²) in [5.74, 6) is 0.448. The summed E-state index contributed by atoms with van der Waals surface area (Å²) < 4.78 is 16.8. The molecule has 3 fully saturated rings. The minimum absolute atomic E-state index is 0.0173. The third-order valence-corrected chi connectivity index (χ3v) is 8.33. The molecule has 174 valence electrons. The fraction of sp³-hybridized carbons (Fsp3) is 0.500. The summed E-state index contributed by atoms with van der Waals surface area (Å²) in [6.45, 7) is 2.87. The zero-order valence-corrected chi connectivity index (χ0v) is 19.8.